The number of hydrogen-bond donors (Lipinski definition) is 0. The molecule has 1 heteroatoms. The van der Waals surface area contributed by atoms with E-state index in [1.807, 2.05) is 30.3 Å². The summed E-state index contributed by atoms with van der Waals surface area (Å²) < 4.78 is 0. The number of anilines is 1. The van der Waals surface area contributed by atoms with E-state index in [1.165, 1.54) is 18.5 Å². The van der Waals surface area contributed by atoms with Gasteiger partial charge in [0.15, 0.2) is 0 Å². The lowest BCUT2D eigenvalue weighted by atomic mass is 10.1. The van der Waals surface area contributed by atoms with Crippen LogP contribution < -0.4 is 4.90 Å². The van der Waals surface area contributed by atoms with Gasteiger partial charge in [-0.05, 0) is 37.1 Å². The van der Waals surface area contributed by atoms with Crippen LogP contribution in [0.15, 0.2) is 54.6 Å². The summed E-state index contributed by atoms with van der Waals surface area (Å²) >= 11 is 0. The van der Waals surface area contributed by atoms with Crippen molar-refractivity contribution in [3.8, 4) is 11.8 Å². The first-order chi connectivity index (χ1) is 9.43. The summed E-state index contributed by atoms with van der Waals surface area (Å²) in [5.74, 6) is 6.56. The molecule has 1 fully saturated rings. The van der Waals surface area contributed by atoms with Gasteiger partial charge in [-0.1, -0.05) is 42.2 Å². The Bertz CT molecular complexity index is 598. The van der Waals surface area contributed by atoms with Crippen molar-refractivity contribution in [2.45, 2.75) is 12.8 Å². The molecule has 2 aromatic carbocycles. The molecule has 0 N–H and O–H groups in total. The first kappa shape index (κ1) is 11.9. The minimum Gasteiger partial charge on any atom is -0.371 e. The molecule has 0 bridgehead atoms. The Morgan fingerprint density at radius 2 is 1.42 bits per heavy atom. The summed E-state index contributed by atoms with van der Waals surface area (Å²) in [4.78, 5) is 2.44. The highest BCUT2D eigenvalue weighted by atomic mass is 15.1. The van der Waals surface area contributed by atoms with Crippen LogP contribution in [0.3, 0.4) is 0 Å². The predicted molar refractivity (Wildman–Crippen MR) is 80.3 cm³/mol. The largest absolute Gasteiger partial charge is 0.371 e. The molecule has 3 rings (SSSR count). The van der Waals surface area contributed by atoms with E-state index < -0.39 is 0 Å². The van der Waals surface area contributed by atoms with Gasteiger partial charge < -0.3 is 4.90 Å². The first-order valence-corrected chi connectivity index (χ1v) is 6.84. The van der Waals surface area contributed by atoms with Crippen LogP contribution in [0, 0.1) is 11.8 Å². The Balaban J connectivity index is 1.91. The van der Waals surface area contributed by atoms with Crippen LogP contribution in [0.25, 0.3) is 0 Å². The molecule has 0 spiro atoms. The van der Waals surface area contributed by atoms with Gasteiger partial charge in [-0.25, -0.2) is 0 Å². The van der Waals surface area contributed by atoms with Gasteiger partial charge in [0.1, 0.15) is 0 Å². The van der Waals surface area contributed by atoms with E-state index in [-0.39, 0.29) is 0 Å². The number of rotatable bonds is 1. The van der Waals surface area contributed by atoms with Gasteiger partial charge in [0.05, 0.1) is 5.69 Å². The Labute approximate surface area is 114 Å². The van der Waals surface area contributed by atoms with Crippen LogP contribution in [0.4, 0.5) is 5.69 Å². The summed E-state index contributed by atoms with van der Waals surface area (Å²) in [7, 11) is 0. The third kappa shape index (κ3) is 2.80. The molecule has 1 aliphatic heterocycles. The molecule has 0 atom stereocenters. The van der Waals surface area contributed by atoms with E-state index in [2.05, 4.69) is 41.0 Å². The van der Waals surface area contributed by atoms with Crippen molar-refractivity contribution in [2.75, 3.05) is 18.0 Å². The average molecular weight is 247 g/mol. The second kappa shape index (κ2) is 5.63. The van der Waals surface area contributed by atoms with Crippen LogP contribution in [0.2, 0.25) is 0 Å². The minimum atomic E-state index is 1.07. The normalized spacial score (nSPS) is 14.0. The minimum absolute atomic E-state index is 1.07. The number of hydrogen-bond acceptors (Lipinski definition) is 1. The van der Waals surface area contributed by atoms with Gasteiger partial charge >= 0.3 is 0 Å². The maximum atomic E-state index is 3.31. The molecule has 0 aliphatic carbocycles. The third-order valence-corrected chi connectivity index (χ3v) is 3.47. The van der Waals surface area contributed by atoms with Crippen molar-refractivity contribution >= 4 is 5.69 Å². The lowest BCUT2D eigenvalue weighted by molar-refractivity contribution is 0.949. The molecule has 0 unspecified atom stereocenters. The van der Waals surface area contributed by atoms with Crippen LogP contribution in [-0.2, 0) is 0 Å². The van der Waals surface area contributed by atoms with Gasteiger partial charge in [0.25, 0.3) is 0 Å². The van der Waals surface area contributed by atoms with E-state index in [9.17, 15) is 0 Å². The molecule has 1 saturated heterocycles. The lowest BCUT2D eigenvalue weighted by Crippen LogP contribution is -2.18. The van der Waals surface area contributed by atoms with Gasteiger partial charge in [-0.15, -0.1) is 0 Å². The van der Waals surface area contributed by atoms with Gasteiger partial charge in [0.2, 0.25) is 0 Å². The van der Waals surface area contributed by atoms with E-state index in [0.717, 1.165) is 24.2 Å². The van der Waals surface area contributed by atoms with E-state index in [1.54, 1.807) is 0 Å². The molecule has 94 valence electrons. The zero-order valence-electron chi connectivity index (χ0n) is 11.0. The lowest BCUT2D eigenvalue weighted by Gasteiger charge is -2.19. The molecule has 1 heterocycles. The predicted octanol–water partition coefficient (Wildman–Crippen LogP) is 3.69. The SMILES string of the molecule is C(#Cc1ccccc1N1CCCC1)c1ccccc1. The molecule has 1 aliphatic rings. The monoisotopic (exact) mass is 247 g/mol. The Hall–Kier alpha value is -2.20. The maximum Gasteiger partial charge on any atom is 0.0525 e. The van der Waals surface area contributed by atoms with Crippen molar-refractivity contribution < 1.29 is 0 Å². The van der Waals surface area contributed by atoms with Gasteiger partial charge in [-0.3, -0.25) is 0 Å². The van der Waals surface area contributed by atoms with Gasteiger partial charge in [-0.2, -0.15) is 0 Å². The summed E-state index contributed by atoms with van der Waals surface area (Å²) in [6.07, 6.45) is 2.58. The Morgan fingerprint density at radius 1 is 0.737 bits per heavy atom. The van der Waals surface area contributed by atoms with Crippen molar-refractivity contribution in [1.82, 2.24) is 0 Å². The standard InChI is InChI=1S/C18H17N/c1-2-8-16(9-3-1)12-13-17-10-4-5-11-18(17)19-14-6-7-15-19/h1-5,8-11H,6-7,14-15H2. The van der Waals surface area contributed by atoms with Crippen molar-refractivity contribution in [3.63, 3.8) is 0 Å². The number of benzene rings is 2. The molecular weight excluding hydrogens is 230 g/mol. The molecule has 1 nitrogen and oxygen atoms in total. The highest BCUT2D eigenvalue weighted by Crippen LogP contribution is 2.23. The maximum absolute atomic E-state index is 3.31. The Kier molecular flexibility index (Phi) is 3.51. The molecule has 0 radical (unpaired) electrons. The highest BCUT2D eigenvalue weighted by molar-refractivity contribution is 5.62. The summed E-state index contributed by atoms with van der Waals surface area (Å²) in [5.41, 5.74) is 3.48. The third-order valence-electron chi connectivity index (χ3n) is 3.47. The average Bonchev–Trinajstić information content (AvgIpc) is 3.01. The fourth-order valence-corrected chi connectivity index (χ4v) is 2.47. The van der Waals surface area contributed by atoms with Crippen molar-refractivity contribution in [2.24, 2.45) is 0 Å². The quantitative estimate of drug-likeness (QED) is 0.695. The number of para-hydroxylation sites is 1. The topological polar surface area (TPSA) is 3.24 Å². The van der Waals surface area contributed by atoms with E-state index >= 15 is 0 Å². The fourth-order valence-electron chi connectivity index (χ4n) is 2.47. The second-order valence-corrected chi connectivity index (χ2v) is 4.83. The zero-order valence-corrected chi connectivity index (χ0v) is 11.0. The Morgan fingerprint density at radius 3 is 2.21 bits per heavy atom. The number of nitrogens with zero attached hydrogens (tertiary/aromatic N) is 1. The fraction of sp³-hybridized carbons (Fsp3) is 0.222. The molecular formula is C18H17N. The van der Waals surface area contributed by atoms with Crippen LogP contribution in [0.1, 0.15) is 24.0 Å². The van der Waals surface area contributed by atoms with E-state index in [0.29, 0.717) is 0 Å². The van der Waals surface area contributed by atoms with Crippen molar-refractivity contribution in [3.05, 3.63) is 65.7 Å². The van der Waals surface area contributed by atoms with Crippen LogP contribution in [0.5, 0.6) is 0 Å². The summed E-state index contributed by atoms with van der Waals surface area (Å²) in [6.45, 7) is 2.31. The zero-order chi connectivity index (χ0) is 12.9. The molecule has 0 amide bonds. The molecule has 19 heavy (non-hydrogen) atoms. The molecule has 0 saturated carbocycles. The van der Waals surface area contributed by atoms with E-state index in [4.69, 9.17) is 0 Å². The second-order valence-electron chi connectivity index (χ2n) is 4.83. The van der Waals surface area contributed by atoms with Crippen molar-refractivity contribution in [1.29, 1.82) is 0 Å². The highest BCUT2D eigenvalue weighted by Gasteiger charge is 2.14. The molecule has 0 aromatic heterocycles. The van der Waals surface area contributed by atoms with Gasteiger partial charge in [0, 0.05) is 24.2 Å². The summed E-state index contributed by atoms with van der Waals surface area (Å²) in [5, 5.41) is 0. The first-order valence-electron chi connectivity index (χ1n) is 6.84. The molecule has 2 aromatic rings. The van der Waals surface area contributed by atoms with Crippen LogP contribution in [-0.4, -0.2) is 13.1 Å². The smallest absolute Gasteiger partial charge is 0.0525 e. The summed E-state index contributed by atoms with van der Waals surface area (Å²) in [6, 6.07) is 18.6. The van der Waals surface area contributed by atoms with Crippen LogP contribution >= 0.6 is 0 Å².